The molecule has 0 fully saturated rings. The van der Waals surface area contributed by atoms with Crippen LogP contribution < -0.4 is 10.2 Å². The molecule has 23 heavy (non-hydrogen) atoms. The maximum absolute atomic E-state index is 10.9. The van der Waals surface area contributed by atoms with E-state index < -0.39 is 6.09 Å². The lowest BCUT2D eigenvalue weighted by molar-refractivity contribution is 0.194. The van der Waals surface area contributed by atoms with Gasteiger partial charge in [-0.1, -0.05) is 33.3 Å². The third-order valence-corrected chi connectivity index (χ3v) is 4.67. The predicted octanol–water partition coefficient (Wildman–Crippen LogP) is 4.21. The number of nitrogens with one attached hydrogen (secondary N) is 1. The molecule has 0 aliphatic heterocycles. The van der Waals surface area contributed by atoms with E-state index in [4.69, 9.17) is 5.11 Å². The number of carboxylic acid groups (broad SMARTS) is 1. The number of fused-ring (bicyclic) bond motifs is 1. The minimum atomic E-state index is -0.964. The summed E-state index contributed by atoms with van der Waals surface area (Å²) in [6.07, 6.45) is 3.53. The van der Waals surface area contributed by atoms with Crippen LogP contribution in [0.5, 0.6) is 0 Å². The van der Waals surface area contributed by atoms with Gasteiger partial charge in [-0.25, -0.2) is 4.79 Å². The average Bonchev–Trinajstić information content (AvgIpc) is 2.78. The van der Waals surface area contributed by atoms with Gasteiger partial charge < -0.3 is 15.3 Å². The topological polar surface area (TPSA) is 52.6 Å². The van der Waals surface area contributed by atoms with Gasteiger partial charge in [0, 0.05) is 25.3 Å². The van der Waals surface area contributed by atoms with Crippen LogP contribution in [0.25, 0.3) is 0 Å². The number of unbranched alkanes of at least 4 members (excludes halogenated alkanes) is 1. The van der Waals surface area contributed by atoms with Crippen molar-refractivity contribution in [2.75, 3.05) is 18.0 Å². The third kappa shape index (κ3) is 4.40. The first kappa shape index (κ1) is 17.6. The van der Waals surface area contributed by atoms with Gasteiger partial charge >= 0.3 is 6.09 Å². The van der Waals surface area contributed by atoms with Gasteiger partial charge in [0.2, 0.25) is 0 Å². The maximum atomic E-state index is 10.9. The molecule has 0 bridgehead atoms. The molecule has 1 aliphatic rings. The van der Waals surface area contributed by atoms with E-state index in [0.29, 0.717) is 12.0 Å². The predicted molar refractivity (Wildman–Crippen MR) is 95.3 cm³/mol. The van der Waals surface area contributed by atoms with Crippen LogP contribution in [0.4, 0.5) is 10.5 Å². The number of rotatable bonds is 7. The lowest BCUT2D eigenvalue weighted by atomic mass is 9.90. The van der Waals surface area contributed by atoms with Crippen molar-refractivity contribution in [3.05, 3.63) is 28.8 Å². The minimum absolute atomic E-state index is 0.304. The number of amides is 1. The largest absolute Gasteiger partial charge is 0.465 e. The van der Waals surface area contributed by atoms with Crippen molar-refractivity contribution in [2.45, 2.75) is 59.9 Å². The van der Waals surface area contributed by atoms with Crippen molar-refractivity contribution in [1.82, 2.24) is 5.32 Å². The Morgan fingerprint density at radius 3 is 2.48 bits per heavy atom. The monoisotopic (exact) mass is 318 g/mol. The van der Waals surface area contributed by atoms with Crippen molar-refractivity contribution < 1.29 is 9.90 Å². The highest BCUT2D eigenvalue weighted by Crippen LogP contribution is 2.39. The van der Waals surface area contributed by atoms with Crippen LogP contribution in [0.1, 0.15) is 57.2 Å². The maximum Gasteiger partial charge on any atom is 0.404 e. The smallest absolute Gasteiger partial charge is 0.404 e. The van der Waals surface area contributed by atoms with E-state index >= 15 is 0 Å². The molecular formula is C19H30N2O2. The van der Waals surface area contributed by atoms with E-state index in [1.165, 1.54) is 16.8 Å². The average molecular weight is 318 g/mol. The Balaban J connectivity index is 2.35. The molecule has 0 radical (unpaired) electrons. The third-order valence-electron chi connectivity index (χ3n) is 4.67. The first-order valence-corrected chi connectivity index (χ1v) is 8.72. The van der Waals surface area contributed by atoms with Crippen LogP contribution in [-0.2, 0) is 19.4 Å². The molecule has 1 aliphatic carbocycles. The van der Waals surface area contributed by atoms with Crippen LogP contribution in [0, 0.1) is 5.41 Å². The number of hydrogen-bond acceptors (Lipinski definition) is 2. The van der Waals surface area contributed by atoms with Crippen LogP contribution in [-0.4, -0.2) is 24.3 Å². The van der Waals surface area contributed by atoms with Crippen molar-refractivity contribution >= 4 is 11.8 Å². The number of nitrogens with zero attached hydrogens (tertiary/aromatic N) is 1. The van der Waals surface area contributed by atoms with E-state index in [1.807, 2.05) is 0 Å². The summed E-state index contributed by atoms with van der Waals surface area (Å²) in [5.74, 6) is 0. The molecule has 1 amide bonds. The summed E-state index contributed by atoms with van der Waals surface area (Å²) in [5.41, 5.74) is 5.42. The summed E-state index contributed by atoms with van der Waals surface area (Å²) in [6.45, 7) is 11.3. The molecule has 128 valence electrons. The molecule has 0 saturated carbocycles. The van der Waals surface area contributed by atoms with Crippen molar-refractivity contribution in [2.24, 2.45) is 5.41 Å². The Morgan fingerprint density at radius 2 is 1.91 bits per heavy atom. The Bertz CT molecular complexity index is 567. The van der Waals surface area contributed by atoms with Crippen molar-refractivity contribution in [1.29, 1.82) is 0 Å². The Hall–Kier alpha value is -1.71. The van der Waals surface area contributed by atoms with Gasteiger partial charge in [-0.05, 0) is 54.4 Å². The summed E-state index contributed by atoms with van der Waals surface area (Å²) in [5, 5.41) is 11.5. The summed E-state index contributed by atoms with van der Waals surface area (Å²) in [7, 11) is 0. The van der Waals surface area contributed by atoms with Gasteiger partial charge in [-0.3, -0.25) is 0 Å². The summed E-state index contributed by atoms with van der Waals surface area (Å²) < 4.78 is 0. The zero-order valence-electron chi connectivity index (χ0n) is 14.9. The fourth-order valence-electron chi connectivity index (χ4n) is 3.55. The summed E-state index contributed by atoms with van der Waals surface area (Å²) in [6, 6.07) is 4.53. The van der Waals surface area contributed by atoms with E-state index in [-0.39, 0.29) is 0 Å². The minimum Gasteiger partial charge on any atom is -0.465 e. The van der Waals surface area contributed by atoms with Crippen molar-refractivity contribution in [3.8, 4) is 0 Å². The molecule has 0 spiro atoms. The molecule has 1 aromatic rings. The van der Waals surface area contributed by atoms with Gasteiger partial charge in [0.1, 0.15) is 0 Å². The SMILES string of the molecule is CCCCN(CC)c1cc2c(cc1CNC(=O)O)CC(C)(C)C2. The number of benzene rings is 1. The van der Waals surface area contributed by atoms with E-state index in [2.05, 4.69) is 50.0 Å². The molecule has 0 unspecified atom stereocenters. The van der Waals surface area contributed by atoms with Crippen LogP contribution >= 0.6 is 0 Å². The van der Waals surface area contributed by atoms with E-state index in [1.54, 1.807) is 0 Å². The Kier molecular flexibility index (Phi) is 5.55. The summed E-state index contributed by atoms with van der Waals surface area (Å²) in [4.78, 5) is 13.3. The fraction of sp³-hybridized carbons (Fsp3) is 0.632. The molecule has 4 heteroatoms. The lowest BCUT2D eigenvalue weighted by Crippen LogP contribution is -2.27. The Labute approximate surface area is 139 Å². The van der Waals surface area contributed by atoms with Crippen LogP contribution in [0.15, 0.2) is 12.1 Å². The van der Waals surface area contributed by atoms with Gasteiger partial charge in [-0.15, -0.1) is 0 Å². The molecule has 2 N–H and O–H groups in total. The summed E-state index contributed by atoms with van der Waals surface area (Å²) >= 11 is 0. The molecular weight excluding hydrogens is 288 g/mol. The molecule has 0 saturated heterocycles. The molecule has 0 heterocycles. The normalized spacial score (nSPS) is 15.3. The highest BCUT2D eigenvalue weighted by Gasteiger charge is 2.29. The zero-order chi connectivity index (χ0) is 17.0. The van der Waals surface area contributed by atoms with Gasteiger partial charge in [0.25, 0.3) is 0 Å². The number of carbonyl (C=O) groups is 1. The second kappa shape index (κ2) is 7.24. The first-order valence-electron chi connectivity index (χ1n) is 8.72. The Morgan fingerprint density at radius 1 is 1.26 bits per heavy atom. The number of anilines is 1. The van der Waals surface area contributed by atoms with Gasteiger partial charge in [0.05, 0.1) is 0 Å². The molecule has 1 aromatic carbocycles. The zero-order valence-corrected chi connectivity index (χ0v) is 14.9. The van der Waals surface area contributed by atoms with E-state index in [9.17, 15) is 4.79 Å². The highest BCUT2D eigenvalue weighted by atomic mass is 16.4. The van der Waals surface area contributed by atoms with Crippen molar-refractivity contribution in [3.63, 3.8) is 0 Å². The lowest BCUT2D eigenvalue weighted by Gasteiger charge is -2.27. The van der Waals surface area contributed by atoms with Crippen LogP contribution in [0.3, 0.4) is 0 Å². The van der Waals surface area contributed by atoms with Gasteiger partial charge in [0.15, 0.2) is 0 Å². The molecule has 0 atom stereocenters. The quantitative estimate of drug-likeness (QED) is 0.792. The van der Waals surface area contributed by atoms with E-state index in [0.717, 1.165) is 44.3 Å². The second-order valence-electron chi connectivity index (χ2n) is 7.36. The standard InChI is InChI=1S/C19H30N2O2/c1-5-7-8-21(6-2)17-10-15-12-19(3,4)11-14(15)9-16(17)13-20-18(22)23/h9-10,20H,5-8,11-13H2,1-4H3,(H,22,23). The van der Waals surface area contributed by atoms with Gasteiger partial charge in [-0.2, -0.15) is 0 Å². The highest BCUT2D eigenvalue weighted by molar-refractivity contribution is 5.66. The second-order valence-corrected chi connectivity index (χ2v) is 7.36. The fourth-order valence-corrected chi connectivity index (χ4v) is 3.55. The first-order chi connectivity index (χ1) is 10.9. The molecule has 2 rings (SSSR count). The molecule has 0 aromatic heterocycles. The molecule has 4 nitrogen and oxygen atoms in total. The number of hydrogen-bond donors (Lipinski definition) is 2. The van der Waals surface area contributed by atoms with Crippen LogP contribution in [0.2, 0.25) is 0 Å².